The van der Waals surface area contributed by atoms with E-state index in [-0.39, 0.29) is 11.8 Å². The Hall–Kier alpha value is -2.92. The molecule has 3 rings (SSSR count). The number of carbonyl (C=O) groups excluding carboxylic acids is 2. The number of anilines is 2. The molecule has 0 bridgehead atoms. The monoisotopic (exact) mass is 364 g/mol. The number of nitrogens with one attached hydrogen (secondary N) is 2. The molecule has 0 saturated carbocycles. The van der Waals surface area contributed by atoms with Gasteiger partial charge in [-0.3, -0.25) is 9.59 Å². The predicted octanol–water partition coefficient (Wildman–Crippen LogP) is 5.18. The van der Waals surface area contributed by atoms with E-state index in [9.17, 15) is 9.59 Å². The van der Waals surface area contributed by atoms with Crippen LogP contribution in [0.25, 0.3) is 0 Å². The number of aryl methyl sites for hydroxylation is 3. The molecule has 0 saturated heterocycles. The van der Waals surface area contributed by atoms with E-state index in [0.717, 1.165) is 22.4 Å². The van der Waals surface area contributed by atoms with E-state index in [0.29, 0.717) is 16.1 Å². The zero-order valence-corrected chi connectivity index (χ0v) is 15.7. The highest BCUT2D eigenvalue weighted by atomic mass is 32.1. The summed E-state index contributed by atoms with van der Waals surface area (Å²) in [5.74, 6) is -0.380. The first-order chi connectivity index (χ1) is 12.4. The molecule has 0 atom stereocenters. The molecule has 4 nitrogen and oxygen atoms in total. The Morgan fingerprint density at radius 3 is 2.23 bits per heavy atom. The molecule has 0 aliphatic carbocycles. The van der Waals surface area contributed by atoms with Crippen LogP contribution in [0.5, 0.6) is 0 Å². The molecule has 1 aromatic heterocycles. The van der Waals surface area contributed by atoms with Crippen LogP contribution in [-0.4, -0.2) is 11.8 Å². The van der Waals surface area contributed by atoms with Crippen molar-refractivity contribution in [3.63, 3.8) is 0 Å². The van der Waals surface area contributed by atoms with Crippen molar-refractivity contribution in [3.8, 4) is 0 Å². The van der Waals surface area contributed by atoms with Gasteiger partial charge in [-0.05, 0) is 61.5 Å². The fourth-order valence-electron chi connectivity index (χ4n) is 2.90. The van der Waals surface area contributed by atoms with Gasteiger partial charge in [-0.1, -0.05) is 29.8 Å². The van der Waals surface area contributed by atoms with Gasteiger partial charge in [0.2, 0.25) is 0 Å². The quantitative estimate of drug-likeness (QED) is 0.670. The summed E-state index contributed by atoms with van der Waals surface area (Å²) in [5, 5.41) is 7.66. The molecule has 0 fully saturated rings. The summed E-state index contributed by atoms with van der Waals surface area (Å²) in [6.45, 7) is 5.99. The lowest BCUT2D eigenvalue weighted by Gasteiger charge is -2.13. The fourth-order valence-corrected chi connectivity index (χ4v) is 3.52. The van der Waals surface area contributed by atoms with E-state index >= 15 is 0 Å². The van der Waals surface area contributed by atoms with Crippen LogP contribution >= 0.6 is 11.3 Å². The number of rotatable bonds is 4. The van der Waals surface area contributed by atoms with Crippen molar-refractivity contribution >= 4 is 34.5 Å². The van der Waals surface area contributed by atoms with Crippen LogP contribution in [0.4, 0.5) is 11.4 Å². The Balaban J connectivity index is 1.77. The minimum atomic E-state index is -0.202. The third-order valence-corrected chi connectivity index (χ3v) is 4.91. The molecular weight excluding hydrogens is 344 g/mol. The highest BCUT2D eigenvalue weighted by Crippen LogP contribution is 2.23. The maximum atomic E-state index is 12.6. The number of carbonyl (C=O) groups is 2. The molecule has 0 radical (unpaired) electrons. The van der Waals surface area contributed by atoms with E-state index in [1.165, 1.54) is 11.3 Å². The Kier molecular flexibility index (Phi) is 5.19. The Morgan fingerprint density at radius 1 is 0.846 bits per heavy atom. The molecule has 132 valence electrons. The van der Waals surface area contributed by atoms with E-state index in [2.05, 4.69) is 10.6 Å². The van der Waals surface area contributed by atoms with Gasteiger partial charge in [0, 0.05) is 16.9 Å². The van der Waals surface area contributed by atoms with E-state index in [1.807, 2.05) is 44.4 Å². The normalized spacial score (nSPS) is 10.4. The second kappa shape index (κ2) is 7.54. The number of hydrogen-bond donors (Lipinski definition) is 2. The van der Waals surface area contributed by atoms with Crippen molar-refractivity contribution in [2.24, 2.45) is 0 Å². The third-order valence-electron chi connectivity index (χ3n) is 4.04. The zero-order valence-electron chi connectivity index (χ0n) is 14.9. The average Bonchev–Trinajstić information content (AvgIpc) is 3.13. The molecule has 3 aromatic rings. The SMILES string of the molecule is Cc1cc(C)c(NC(=O)c2cccc(NC(=O)c3cccs3)c2)c(C)c1. The molecular formula is C21H20N2O2S. The standard InChI is InChI=1S/C21H20N2O2S/c1-13-10-14(2)19(15(3)11-13)23-20(24)16-6-4-7-17(12-16)22-21(25)18-8-5-9-26-18/h4-12H,1-3H3,(H,22,25)(H,23,24). The third kappa shape index (κ3) is 4.00. The average molecular weight is 364 g/mol. The first kappa shape index (κ1) is 17.9. The summed E-state index contributed by atoms with van der Waals surface area (Å²) < 4.78 is 0. The fraction of sp³-hybridized carbons (Fsp3) is 0.143. The van der Waals surface area contributed by atoms with Gasteiger partial charge in [0.1, 0.15) is 0 Å². The van der Waals surface area contributed by atoms with Gasteiger partial charge in [0.05, 0.1) is 4.88 Å². The van der Waals surface area contributed by atoms with Crippen molar-refractivity contribution in [1.82, 2.24) is 0 Å². The van der Waals surface area contributed by atoms with Crippen molar-refractivity contribution < 1.29 is 9.59 Å². The van der Waals surface area contributed by atoms with Crippen LogP contribution in [0, 0.1) is 20.8 Å². The van der Waals surface area contributed by atoms with Crippen LogP contribution in [0.15, 0.2) is 53.9 Å². The van der Waals surface area contributed by atoms with Crippen molar-refractivity contribution in [2.45, 2.75) is 20.8 Å². The maximum Gasteiger partial charge on any atom is 0.265 e. The number of benzene rings is 2. The minimum Gasteiger partial charge on any atom is -0.322 e. The molecule has 2 aromatic carbocycles. The van der Waals surface area contributed by atoms with Crippen LogP contribution in [-0.2, 0) is 0 Å². The van der Waals surface area contributed by atoms with Crippen molar-refractivity contribution in [1.29, 1.82) is 0 Å². The van der Waals surface area contributed by atoms with Gasteiger partial charge in [0.25, 0.3) is 11.8 Å². The molecule has 5 heteroatoms. The molecule has 2 N–H and O–H groups in total. The first-order valence-corrected chi connectivity index (χ1v) is 9.16. The highest BCUT2D eigenvalue weighted by molar-refractivity contribution is 7.12. The van der Waals surface area contributed by atoms with E-state index in [4.69, 9.17) is 0 Å². The molecule has 2 amide bonds. The largest absolute Gasteiger partial charge is 0.322 e. The summed E-state index contributed by atoms with van der Waals surface area (Å²) >= 11 is 1.38. The summed E-state index contributed by atoms with van der Waals surface area (Å²) in [5.41, 5.74) is 5.13. The molecule has 0 aliphatic rings. The second-order valence-corrected chi connectivity index (χ2v) is 7.19. The Morgan fingerprint density at radius 2 is 1.58 bits per heavy atom. The summed E-state index contributed by atoms with van der Waals surface area (Å²) in [6, 6.07) is 14.6. The lowest BCUT2D eigenvalue weighted by molar-refractivity contribution is 0.101. The molecule has 0 unspecified atom stereocenters. The van der Waals surface area contributed by atoms with Crippen molar-refractivity contribution in [2.75, 3.05) is 10.6 Å². The summed E-state index contributed by atoms with van der Waals surface area (Å²) in [6.07, 6.45) is 0. The van der Waals surface area contributed by atoms with Crippen LogP contribution in [0.2, 0.25) is 0 Å². The van der Waals surface area contributed by atoms with E-state index < -0.39 is 0 Å². The smallest absolute Gasteiger partial charge is 0.265 e. The predicted molar refractivity (Wildman–Crippen MR) is 107 cm³/mol. The van der Waals surface area contributed by atoms with Gasteiger partial charge in [-0.15, -0.1) is 11.3 Å². The Bertz CT molecular complexity index is 939. The highest BCUT2D eigenvalue weighted by Gasteiger charge is 2.12. The van der Waals surface area contributed by atoms with E-state index in [1.54, 1.807) is 30.3 Å². The molecule has 0 spiro atoms. The minimum absolute atomic E-state index is 0.178. The lowest BCUT2D eigenvalue weighted by Crippen LogP contribution is -2.15. The van der Waals surface area contributed by atoms with Gasteiger partial charge in [-0.2, -0.15) is 0 Å². The van der Waals surface area contributed by atoms with Crippen LogP contribution in [0.1, 0.15) is 36.7 Å². The molecule has 0 aliphatic heterocycles. The van der Waals surface area contributed by atoms with Gasteiger partial charge in [0.15, 0.2) is 0 Å². The zero-order chi connectivity index (χ0) is 18.7. The van der Waals surface area contributed by atoms with Crippen molar-refractivity contribution in [3.05, 3.63) is 81.0 Å². The second-order valence-electron chi connectivity index (χ2n) is 6.24. The lowest BCUT2D eigenvalue weighted by atomic mass is 10.0. The number of amides is 2. The number of thiophene rings is 1. The van der Waals surface area contributed by atoms with Gasteiger partial charge in [-0.25, -0.2) is 0 Å². The molecule has 26 heavy (non-hydrogen) atoms. The van der Waals surface area contributed by atoms with Gasteiger partial charge < -0.3 is 10.6 Å². The summed E-state index contributed by atoms with van der Waals surface area (Å²) in [4.78, 5) is 25.4. The topological polar surface area (TPSA) is 58.2 Å². The van der Waals surface area contributed by atoms with Crippen LogP contribution < -0.4 is 10.6 Å². The Labute approximate surface area is 156 Å². The van der Waals surface area contributed by atoms with Gasteiger partial charge >= 0.3 is 0 Å². The first-order valence-electron chi connectivity index (χ1n) is 8.28. The number of hydrogen-bond acceptors (Lipinski definition) is 3. The summed E-state index contributed by atoms with van der Waals surface area (Å²) in [7, 11) is 0. The maximum absolute atomic E-state index is 12.6. The molecule has 1 heterocycles. The van der Waals surface area contributed by atoms with Crippen LogP contribution in [0.3, 0.4) is 0 Å².